The summed E-state index contributed by atoms with van der Waals surface area (Å²) in [5.41, 5.74) is -2.18. The van der Waals surface area contributed by atoms with Crippen LogP contribution < -0.4 is 0 Å². The second kappa shape index (κ2) is 9.10. The molecule has 0 aromatic heterocycles. The molecule has 0 saturated carbocycles. The average Bonchev–Trinajstić information content (AvgIpc) is 2.46. The number of hydrogen-bond acceptors (Lipinski definition) is 11. The van der Waals surface area contributed by atoms with E-state index in [2.05, 4.69) is 0 Å². The molecular formula is C14H20O12S. The molecule has 1 N–H and O–H groups in total. The summed E-state index contributed by atoms with van der Waals surface area (Å²) in [6, 6.07) is 0. The van der Waals surface area contributed by atoms with Gasteiger partial charge in [0.2, 0.25) is 5.44 Å². The minimum atomic E-state index is -4.98. The predicted molar refractivity (Wildman–Crippen MR) is 83.5 cm³/mol. The first-order valence-corrected chi connectivity index (χ1v) is 9.10. The summed E-state index contributed by atoms with van der Waals surface area (Å²) in [5.74, 6) is -3.51. The van der Waals surface area contributed by atoms with Crippen molar-refractivity contribution >= 4 is 34.0 Å². The molecule has 1 aliphatic heterocycles. The highest BCUT2D eigenvalue weighted by molar-refractivity contribution is 7.86. The van der Waals surface area contributed by atoms with Gasteiger partial charge in [-0.2, -0.15) is 8.42 Å². The van der Waals surface area contributed by atoms with E-state index < -0.39 is 70.5 Å². The van der Waals surface area contributed by atoms with Gasteiger partial charge in [0.1, 0.15) is 12.7 Å². The molecular weight excluding hydrogens is 392 g/mol. The average molecular weight is 412 g/mol. The second-order valence-corrected chi connectivity index (χ2v) is 7.08. The Morgan fingerprint density at radius 1 is 0.815 bits per heavy atom. The lowest BCUT2D eigenvalue weighted by Gasteiger charge is -2.43. The third-order valence-corrected chi connectivity index (χ3v) is 4.21. The van der Waals surface area contributed by atoms with Crippen molar-refractivity contribution in [3.05, 3.63) is 0 Å². The number of rotatable bonds is 6. The van der Waals surface area contributed by atoms with Gasteiger partial charge in [-0.3, -0.25) is 23.7 Å². The van der Waals surface area contributed by atoms with E-state index in [0.29, 0.717) is 0 Å². The molecule has 0 aromatic rings. The van der Waals surface area contributed by atoms with Crippen LogP contribution in [0.15, 0.2) is 0 Å². The van der Waals surface area contributed by atoms with Crippen molar-refractivity contribution < 1.29 is 55.8 Å². The first-order valence-electron chi connectivity index (χ1n) is 7.59. The maximum absolute atomic E-state index is 11.7. The highest BCUT2D eigenvalue weighted by atomic mass is 32.2. The van der Waals surface area contributed by atoms with Gasteiger partial charge in [-0.05, 0) is 0 Å². The number of carbonyl (C=O) groups is 4. The highest BCUT2D eigenvalue weighted by Gasteiger charge is 2.56. The Hall–Kier alpha value is -2.25. The minimum Gasteiger partial charge on any atom is -0.463 e. The Morgan fingerprint density at radius 3 is 1.67 bits per heavy atom. The van der Waals surface area contributed by atoms with E-state index in [1.54, 1.807) is 0 Å². The molecule has 1 fully saturated rings. The number of hydrogen-bond donors (Lipinski definition) is 1. The zero-order valence-corrected chi connectivity index (χ0v) is 15.8. The molecule has 0 spiro atoms. The van der Waals surface area contributed by atoms with Crippen molar-refractivity contribution in [2.75, 3.05) is 6.61 Å². The molecule has 0 aromatic carbocycles. The van der Waals surface area contributed by atoms with Crippen molar-refractivity contribution in [1.29, 1.82) is 0 Å². The van der Waals surface area contributed by atoms with Crippen LogP contribution in [0.2, 0.25) is 0 Å². The largest absolute Gasteiger partial charge is 0.463 e. The van der Waals surface area contributed by atoms with Gasteiger partial charge >= 0.3 is 23.9 Å². The number of carbonyl (C=O) groups excluding carboxylic acids is 4. The first kappa shape index (κ1) is 22.8. The molecule has 1 aliphatic rings. The Labute approximate surface area is 154 Å². The van der Waals surface area contributed by atoms with Gasteiger partial charge in [0.25, 0.3) is 10.1 Å². The fraction of sp³-hybridized carbons (Fsp3) is 0.714. The molecule has 0 bridgehead atoms. The Balaban J connectivity index is 3.40. The second-order valence-electron chi connectivity index (χ2n) is 5.58. The third-order valence-electron chi connectivity index (χ3n) is 3.24. The van der Waals surface area contributed by atoms with Gasteiger partial charge in [-0.25, -0.2) is 0 Å². The lowest BCUT2D eigenvalue weighted by atomic mass is 9.99. The summed E-state index contributed by atoms with van der Waals surface area (Å²) < 4.78 is 57.6. The molecule has 1 heterocycles. The van der Waals surface area contributed by atoms with E-state index >= 15 is 0 Å². The molecule has 0 aliphatic carbocycles. The van der Waals surface area contributed by atoms with Crippen LogP contribution in [-0.2, 0) is 53.0 Å². The molecule has 12 nitrogen and oxygen atoms in total. The van der Waals surface area contributed by atoms with E-state index in [4.69, 9.17) is 23.7 Å². The third kappa shape index (κ3) is 6.77. The van der Waals surface area contributed by atoms with Crippen LogP contribution in [0.25, 0.3) is 0 Å². The summed E-state index contributed by atoms with van der Waals surface area (Å²) in [6.45, 7) is 3.41. The fourth-order valence-corrected chi connectivity index (χ4v) is 3.26. The van der Waals surface area contributed by atoms with Crippen molar-refractivity contribution in [2.45, 2.75) is 57.5 Å². The maximum Gasteiger partial charge on any atom is 0.303 e. The highest BCUT2D eigenvalue weighted by Crippen LogP contribution is 2.31. The van der Waals surface area contributed by atoms with Crippen LogP contribution in [0, 0.1) is 0 Å². The monoisotopic (exact) mass is 412 g/mol. The van der Waals surface area contributed by atoms with E-state index in [0.717, 1.165) is 27.7 Å². The van der Waals surface area contributed by atoms with Gasteiger partial charge in [-0.1, -0.05) is 0 Å². The van der Waals surface area contributed by atoms with E-state index in [1.807, 2.05) is 0 Å². The zero-order chi connectivity index (χ0) is 20.9. The van der Waals surface area contributed by atoms with Crippen LogP contribution >= 0.6 is 0 Å². The minimum absolute atomic E-state index is 0.593. The molecule has 1 saturated heterocycles. The summed E-state index contributed by atoms with van der Waals surface area (Å²) in [5, 5.41) is 0. The van der Waals surface area contributed by atoms with Gasteiger partial charge in [-0.15, -0.1) is 0 Å². The van der Waals surface area contributed by atoms with E-state index in [1.165, 1.54) is 0 Å². The van der Waals surface area contributed by atoms with Crippen molar-refractivity contribution in [3.8, 4) is 0 Å². The summed E-state index contributed by atoms with van der Waals surface area (Å²) in [4.78, 5) is 45.3. The van der Waals surface area contributed by atoms with Gasteiger partial charge in [0.15, 0.2) is 18.3 Å². The van der Waals surface area contributed by atoms with Gasteiger partial charge < -0.3 is 23.7 Å². The standard InChI is InChI=1S/C14H20O12S/c1-6(15)22-5-10-11(23-7(2)16)12(24-8(3)17)13(25-9(4)18)14(26-10)27(19,20)21/h10-14H,5H2,1-4H3,(H,19,20,21)/t10-,11-,12+,13-,14+/m1/s1. The fourth-order valence-electron chi connectivity index (χ4n) is 2.43. The first-order chi connectivity index (χ1) is 12.3. The summed E-state index contributed by atoms with van der Waals surface area (Å²) >= 11 is 0. The molecule has 27 heavy (non-hydrogen) atoms. The zero-order valence-electron chi connectivity index (χ0n) is 14.9. The predicted octanol–water partition coefficient (Wildman–Crippen LogP) is -1.04. The molecule has 0 amide bonds. The molecule has 1 rings (SSSR count). The molecule has 0 radical (unpaired) electrons. The van der Waals surface area contributed by atoms with Crippen LogP contribution in [0.5, 0.6) is 0 Å². The lowest BCUT2D eigenvalue weighted by molar-refractivity contribution is -0.239. The summed E-state index contributed by atoms with van der Waals surface area (Å²) in [7, 11) is -4.98. The van der Waals surface area contributed by atoms with Crippen LogP contribution in [0.4, 0.5) is 0 Å². The summed E-state index contributed by atoms with van der Waals surface area (Å²) in [6.07, 6.45) is -6.44. The van der Waals surface area contributed by atoms with Crippen LogP contribution in [0.3, 0.4) is 0 Å². The van der Waals surface area contributed by atoms with Crippen LogP contribution in [0.1, 0.15) is 27.7 Å². The van der Waals surface area contributed by atoms with Crippen LogP contribution in [-0.4, -0.2) is 73.3 Å². The van der Waals surface area contributed by atoms with Crippen molar-refractivity contribution in [1.82, 2.24) is 0 Å². The quantitative estimate of drug-likeness (QED) is 0.320. The molecule has 154 valence electrons. The van der Waals surface area contributed by atoms with Gasteiger partial charge in [0.05, 0.1) is 0 Å². The Morgan fingerprint density at radius 2 is 1.26 bits per heavy atom. The number of esters is 4. The lowest BCUT2D eigenvalue weighted by Crippen LogP contribution is -2.63. The smallest absolute Gasteiger partial charge is 0.303 e. The number of ether oxygens (including phenoxy) is 5. The normalized spacial score (nSPS) is 28.0. The molecule has 13 heteroatoms. The van der Waals surface area contributed by atoms with Crippen molar-refractivity contribution in [3.63, 3.8) is 0 Å². The maximum atomic E-state index is 11.7. The molecule has 5 atom stereocenters. The van der Waals surface area contributed by atoms with Crippen molar-refractivity contribution in [2.24, 2.45) is 0 Å². The molecule has 0 unspecified atom stereocenters. The van der Waals surface area contributed by atoms with Gasteiger partial charge in [0, 0.05) is 27.7 Å². The topological polar surface area (TPSA) is 169 Å². The Bertz CT molecular complexity index is 699. The van der Waals surface area contributed by atoms with E-state index in [-0.39, 0.29) is 0 Å². The SMILES string of the molecule is CC(=O)OC[C@H]1O[C@@H](S(=O)(=O)O)[C@H](OC(C)=O)[C@@H](OC(C)=O)[C@@H]1OC(C)=O. The Kier molecular flexibility index (Phi) is 7.68. The van der Waals surface area contributed by atoms with E-state index in [9.17, 15) is 32.1 Å².